The maximum absolute atomic E-state index is 12.2. The molecule has 0 aliphatic carbocycles. The van der Waals surface area contributed by atoms with Gasteiger partial charge in [0.25, 0.3) is 5.91 Å². The third-order valence-corrected chi connectivity index (χ3v) is 3.87. The summed E-state index contributed by atoms with van der Waals surface area (Å²) in [5, 5.41) is 6.29. The normalized spacial score (nSPS) is 10.4. The number of anilines is 1. The first-order valence-electron chi connectivity index (χ1n) is 8.81. The molecule has 0 unspecified atom stereocenters. The molecule has 2 rings (SSSR count). The highest BCUT2D eigenvalue weighted by atomic mass is 16.1. The van der Waals surface area contributed by atoms with Gasteiger partial charge in [0.2, 0.25) is 0 Å². The van der Waals surface area contributed by atoms with E-state index in [0.717, 1.165) is 31.5 Å². The monoisotopic (exact) mass is 325 g/mol. The molecule has 1 amide bonds. The fourth-order valence-corrected chi connectivity index (χ4v) is 2.50. The summed E-state index contributed by atoms with van der Waals surface area (Å²) in [7, 11) is 0. The van der Waals surface area contributed by atoms with Gasteiger partial charge in [0.15, 0.2) is 0 Å². The number of aryl methyl sites for hydroxylation is 1. The van der Waals surface area contributed by atoms with Crippen LogP contribution in [0.2, 0.25) is 0 Å². The van der Waals surface area contributed by atoms with Crippen molar-refractivity contribution in [2.75, 3.05) is 18.4 Å². The van der Waals surface area contributed by atoms with Crippen LogP contribution >= 0.6 is 0 Å². The molecule has 24 heavy (non-hydrogen) atoms. The molecule has 1 aromatic carbocycles. The maximum atomic E-state index is 12.2. The average molecular weight is 325 g/mol. The molecule has 0 saturated heterocycles. The maximum Gasteiger partial charge on any atom is 0.269 e. The van der Waals surface area contributed by atoms with Crippen LogP contribution in [-0.4, -0.2) is 24.0 Å². The Bertz CT molecular complexity index is 613. The van der Waals surface area contributed by atoms with E-state index in [1.807, 2.05) is 30.3 Å². The molecule has 0 fully saturated rings. The highest BCUT2D eigenvalue weighted by Crippen LogP contribution is 2.09. The number of unbranched alkanes of at least 4 members (excludes halogenated alkanes) is 2. The zero-order valence-corrected chi connectivity index (χ0v) is 14.4. The SMILES string of the molecule is CCCCCNc1ccnc(C(=O)NCCCc2ccccc2)c1. The lowest BCUT2D eigenvalue weighted by molar-refractivity contribution is 0.0948. The number of nitrogens with one attached hydrogen (secondary N) is 2. The van der Waals surface area contributed by atoms with Crippen molar-refractivity contribution in [3.63, 3.8) is 0 Å². The third kappa shape index (κ3) is 6.41. The Balaban J connectivity index is 1.73. The summed E-state index contributed by atoms with van der Waals surface area (Å²) < 4.78 is 0. The van der Waals surface area contributed by atoms with Crippen LogP contribution in [0, 0.1) is 0 Å². The van der Waals surface area contributed by atoms with Crippen LogP contribution in [-0.2, 0) is 6.42 Å². The quantitative estimate of drug-likeness (QED) is 0.648. The van der Waals surface area contributed by atoms with Crippen molar-refractivity contribution < 1.29 is 4.79 Å². The number of carbonyl (C=O) groups is 1. The van der Waals surface area contributed by atoms with E-state index < -0.39 is 0 Å². The predicted octanol–water partition coefficient (Wildman–Crippen LogP) is 4.05. The molecule has 2 N–H and O–H groups in total. The zero-order valence-electron chi connectivity index (χ0n) is 14.4. The van der Waals surface area contributed by atoms with E-state index in [1.54, 1.807) is 6.20 Å². The number of nitrogens with zero attached hydrogens (tertiary/aromatic N) is 1. The molecule has 0 saturated carbocycles. The number of carbonyl (C=O) groups excluding carboxylic acids is 1. The minimum absolute atomic E-state index is 0.111. The summed E-state index contributed by atoms with van der Waals surface area (Å²) in [6.07, 6.45) is 7.13. The molecule has 1 aromatic heterocycles. The Labute approximate surface area is 144 Å². The number of hydrogen-bond acceptors (Lipinski definition) is 3. The van der Waals surface area contributed by atoms with Crippen LogP contribution in [0.4, 0.5) is 5.69 Å². The van der Waals surface area contributed by atoms with Gasteiger partial charge >= 0.3 is 0 Å². The Morgan fingerprint density at radius 1 is 1.04 bits per heavy atom. The number of rotatable bonds is 10. The highest BCUT2D eigenvalue weighted by Gasteiger charge is 2.07. The molecule has 0 bridgehead atoms. The molecule has 128 valence electrons. The summed E-state index contributed by atoms with van der Waals surface area (Å²) in [6, 6.07) is 14.0. The lowest BCUT2D eigenvalue weighted by atomic mass is 10.1. The molecule has 0 radical (unpaired) electrons. The first-order valence-corrected chi connectivity index (χ1v) is 8.81. The van der Waals surface area contributed by atoms with Crippen LogP contribution in [0.3, 0.4) is 0 Å². The van der Waals surface area contributed by atoms with E-state index in [4.69, 9.17) is 0 Å². The Morgan fingerprint density at radius 3 is 2.67 bits per heavy atom. The van der Waals surface area contributed by atoms with Gasteiger partial charge in [0, 0.05) is 25.0 Å². The van der Waals surface area contributed by atoms with Crippen molar-refractivity contribution >= 4 is 11.6 Å². The molecule has 0 aliphatic rings. The first kappa shape index (κ1) is 18.0. The minimum atomic E-state index is -0.111. The Kier molecular flexibility index (Phi) is 7.81. The lowest BCUT2D eigenvalue weighted by Gasteiger charge is -2.08. The molecule has 2 aromatic rings. The molecular weight excluding hydrogens is 298 g/mol. The molecule has 0 spiro atoms. The van der Waals surface area contributed by atoms with Gasteiger partial charge in [-0.15, -0.1) is 0 Å². The average Bonchev–Trinajstić information content (AvgIpc) is 2.63. The highest BCUT2D eigenvalue weighted by molar-refractivity contribution is 5.93. The second-order valence-corrected chi connectivity index (χ2v) is 5.91. The van der Waals surface area contributed by atoms with Gasteiger partial charge in [0.05, 0.1) is 0 Å². The van der Waals surface area contributed by atoms with E-state index in [0.29, 0.717) is 12.2 Å². The second kappa shape index (κ2) is 10.4. The van der Waals surface area contributed by atoms with Gasteiger partial charge in [-0.1, -0.05) is 50.1 Å². The van der Waals surface area contributed by atoms with Gasteiger partial charge in [-0.25, -0.2) is 0 Å². The van der Waals surface area contributed by atoms with Gasteiger partial charge in [-0.2, -0.15) is 0 Å². The van der Waals surface area contributed by atoms with Crippen molar-refractivity contribution in [3.05, 3.63) is 59.9 Å². The number of hydrogen-bond donors (Lipinski definition) is 2. The van der Waals surface area contributed by atoms with E-state index in [9.17, 15) is 4.79 Å². The van der Waals surface area contributed by atoms with Crippen LogP contribution in [0.1, 0.15) is 48.7 Å². The van der Waals surface area contributed by atoms with E-state index in [2.05, 4.69) is 34.7 Å². The number of pyridine rings is 1. The molecule has 4 nitrogen and oxygen atoms in total. The predicted molar refractivity (Wildman–Crippen MR) is 99.3 cm³/mol. The summed E-state index contributed by atoms with van der Waals surface area (Å²) in [5.74, 6) is -0.111. The molecule has 4 heteroatoms. The molecule has 0 atom stereocenters. The van der Waals surface area contributed by atoms with Crippen molar-refractivity contribution in [2.45, 2.75) is 39.0 Å². The largest absolute Gasteiger partial charge is 0.385 e. The van der Waals surface area contributed by atoms with Crippen LogP contribution in [0.25, 0.3) is 0 Å². The minimum Gasteiger partial charge on any atom is -0.385 e. The van der Waals surface area contributed by atoms with Gasteiger partial charge in [-0.05, 0) is 37.0 Å². The van der Waals surface area contributed by atoms with Crippen LogP contribution in [0.15, 0.2) is 48.7 Å². The Hall–Kier alpha value is -2.36. The van der Waals surface area contributed by atoms with Crippen molar-refractivity contribution in [2.24, 2.45) is 0 Å². The Morgan fingerprint density at radius 2 is 1.88 bits per heavy atom. The van der Waals surface area contributed by atoms with Gasteiger partial charge < -0.3 is 10.6 Å². The zero-order chi connectivity index (χ0) is 17.0. The van der Waals surface area contributed by atoms with Crippen molar-refractivity contribution in [3.8, 4) is 0 Å². The first-order chi connectivity index (χ1) is 11.8. The summed E-state index contributed by atoms with van der Waals surface area (Å²) >= 11 is 0. The number of aromatic nitrogens is 1. The smallest absolute Gasteiger partial charge is 0.269 e. The number of amides is 1. The third-order valence-electron chi connectivity index (χ3n) is 3.87. The van der Waals surface area contributed by atoms with E-state index in [-0.39, 0.29) is 5.91 Å². The van der Waals surface area contributed by atoms with E-state index in [1.165, 1.54) is 18.4 Å². The second-order valence-electron chi connectivity index (χ2n) is 5.91. The van der Waals surface area contributed by atoms with Crippen molar-refractivity contribution in [1.29, 1.82) is 0 Å². The molecular formula is C20H27N3O. The fourth-order valence-electron chi connectivity index (χ4n) is 2.50. The molecule has 0 aliphatic heterocycles. The molecule has 1 heterocycles. The summed E-state index contributed by atoms with van der Waals surface area (Å²) in [4.78, 5) is 16.4. The summed E-state index contributed by atoms with van der Waals surface area (Å²) in [6.45, 7) is 3.77. The van der Waals surface area contributed by atoms with E-state index >= 15 is 0 Å². The van der Waals surface area contributed by atoms with Gasteiger partial charge in [0.1, 0.15) is 5.69 Å². The topological polar surface area (TPSA) is 54.0 Å². The number of benzene rings is 1. The van der Waals surface area contributed by atoms with Crippen LogP contribution < -0.4 is 10.6 Å². The lowest BCUT2D eigenvalue weighted by Crippen LogP contribution is -2.25. The van der Waals surface area contributed by atoms with Gasteiger partial charge in [-0.3, -0.25) is 9.78 Å². The standard InChI is InChI=1S/C20H27N3O/c1-2-3-7-13-21-18-12-15-22-19(16-18)20(24)23-14-8-11-17-9-5-4-6-10-17/h4-6,9-10,12,15-16H,2-3,7-8,11,13-14H2,1H3,(H,21,22)(H,23,24). The summed E-state index contributed by atoms with van der Waals surface area (Å²) in [5.41, 5.74) is 2.72. The van der Waals surface area contributed by atoms with Crippen molar-refractivity contribution in [1.82, 2.24) is 10.3 Å². The van der Waals surface area contributed by atoms with Crippen LogP contribution in [0.5, 0.6) is 0 Å². The fraction of sp³-hybridized carbons (Fsp3) is 0.400.